The van der Waals surface area contributed by atoms with Crippen LogP contribution < -0.4 is 0 Å². The normalized spacial score (nSPS) is 10.6. The summed E-state index contributed by atoms with van der Waals surface area (Å²) in [6.07, 6.45) is 1.72. The second-order valence-corrected chi connectivity index (χ2v) is 4.51. The molecule has 0 spiro atoms. The molecule has 0 bridgehead atoms. The average Bonchev–Trinajstić information content (AvgIpc) is 2.37. The van der Waals surface area contributed by atoms with E-state index in [4.69, 9.17) is 0 Å². The molecule has 0 unspecified atom stereocenters. The van der Waals surface area contributed by atoms with E-state index < -0.39 is 0 Å². The van der Waals surface area contributed by atoms with Gasteiger partial charge in [-0.3, -0.25) is 0 Å². The Balaban J connectivity index is 2.72. The molecular weight excluding hydrogens is 240 g/mol. The first-order chi connectivity index (χ1) is 9.08. The molecule has 0 saturated heterocycles. The number of phenols is 3. The van der Waals surface area contributed by atoms with Gasteiger partial charge in [-0.1, -0.05) is 32.0 Å². The van der Waals surface area contributed by atoms with Gasteiger partial charge in [0.2, 0.25) is 0 Å². The largest absolute Gasteiger partial charge is 0.508 e. The molecule has 100 valence electrons. The second-order valence-electron chi connectivity index (χ2n) is 4.51. The summed E-state index contributed by atoms with van der Waals surface area (Å²) in [4.78, 5) is 0. The van der Waals surface area contributed by atoms with Crippen LogP contribution in [-0.4, -0.2) is 15.3 Å². The summed E-state index contributed by atoms with van der Waals surface area (Å²) in [7, 11) is 0. The Morgan fingerprint density at radius 2 is 1.53 bits per heavy atom. The Morgan fingerprint density at radius 3 is 2.05 bits per heavy atom. The van der Waals surface area contributed by atoms with Crippen LogP contribution >= 0.6 is 0 Å². The van der Waals surface area contributed by atoms with Crippen LogP contribution in [0.15, 0.2) is 30.3 Å². The predicted octanol–water partition coefficient (Wildman–Crippen LogP) is 3.60. The first-order valence-electron chi connectivity index (χ1n) is 6.44. The Bertz CT molecular complexity index is 580. The Morgan fingerprint density at radius 1 is 0.895 bits per heavy atom. The highest BCUT2D eigenvalue weighted by molar-refractivity contribution is 5.80. The topological polar surface area (TPSA) is 60.7 Å². The second kappa shape index (κ2) is 5.22. The molecule has 2 aromatic carbocycles. The minimum Gasteiger partial charge on any atom is -0.508 e. The lowest BCUT2D eigenvalue weighted by molar-refractivity contribution is 0.430. The van der Waals surface area contributed by atoms with Crippen molar-refractivity contribution < 1.29 is 15.3 Å². The van der Waals surface area contributed by atoms with E-state index in [-0.39, 0.29) is 17.2 Å². The monoisotopic (exact) mass is 258 g/mol. The summed E-state index contributed by atoms with van der Waals surface area (Å²) in [6, 6.07) is 8.33. The van der Waals surface area contributed by atoms with E-state index in [0.717, 1.165) is 24.0 Å². The lowest BCUT2D eigenvalue weighted by Gasteiger charge is -2.15. The summed E-state index contributed by atoms with van der Waals surface area (Å²) < 4.78 is 0. The highest BCUT2D eigenvalue weighted by Crippen LogP contribution is 2.42. The fourth-order valence-corrected chi connectivity index (χ4v) is 2.49. The molecular formula is C16H18O3. The van der Waals surface area contributed by atoms with Crippen LogP contribution in [0.5, 0.6) is 17.2 Å². The number of aromatic hydroxyl groups is 3. The SMILES string of the molecule is CCc1cccc(-c2c(O)cc(O)cc2O)c1CC. The third-order valence-electron chi connectivity index (χ3n) is 3.36. The molecule has 19 heavy (non-hydrogen) atoms. The van der Waals surface area contributed by atoms with Gasteiger partial charge >= 0.3 is 0 Å². The van der Waals surface area contributed by atoms with E-state index in [1.807, 2.05) is 19.1 Å². The first-order valence-corrected chi connectivity index (χ1v) is 6.44. The van der Waals surface area contributed by atoms with E-state index in [1.54, 1.807) is 0 Å². The molecule has 3 N–H and O–H groups in total. The van der Waals surface area contributed by atoms with Gasteiger partial charge in [0, 0.05) is 12.1 Å². The van der Waals surface area contributed by atoms with E-state index in [2.05, 4.69) is 13.0 Å². The number of hydrogen-bond donors (Lipinski definition) is 3. The molecule has 0 radical (unpaired) electrons. The third-order valence-corrected chi connectivity index (χ3v) is 3.36. The Kier molecular flexibility index (Phi) is 3.65. The van der Waals surface area contributed by atoms with Gasteiger partial charge in [-0.05, 0) is 29.5 Å². The fourth-order valence-electron chi connectivity index (χ4n) is 2.49. The van der Waals surface area contributed by atoms with E-state index in [9.17, 15) is 15.3 Å². The van der Waals surface area contributed by atoms with Crippen molar-refractivity contribution in [3.63, 3.8) is 0 Å². The van der Waals surface area contributed by atoms with Crippen molar-refractivity contribution in [2.75, 3.05) is 0 Å². The van der Waals surface area contributed by atoms with Crippen molar-refractivity contribution in [3.05, 3.63) is 41.5 Å². The molecule has 0 aromatic heterocycles. The molecule has 0 aliphatic heterocycles. The molecule has 0 amide bonds. The van der Waals surface area contributed by atoms with Crippen LogP contribution in [0.1, 0.15) is 25.0 Å². The number of hydrogen-bond acceptors (Lipinski definition) is 3. The standard InChI is InChI=1S/C16H18O3/c1-3-10-6-5-7-13(12(10)4-2)16-14(18)8-11(17)9-15(16)19/h5-9,17-19H,3-4H2,1-2H3. The van der Waals surface area contributed by atoms with Gasteiger partial charge in [0.1, 0.15) is 17.2 Å². The van der Waals surface area contributed by atoms with E-state index in [1.165, 1.54) is 17.7 Å². The van der Waals surface area contributed by atoms with Crippen molar-refractivity contribution in [2.24, 2.45) is 0 Å². The van der Waals surface area contributed by atoms with Crippen LogP contribution in [0.2, 0.25) is 0 Å². The maximum Gasteiger partial charge on any atom is 0.130 e. The quantitative estimate of drug-likeness (QED) is 0.788. The summed E-state index contributed by atoms with van der Waals surface area (Å²) >= 11 is 0. The van der Waals surface area contributed by atoms with Crippen molar-refractivity contribution in [1.82, 2.24) is 0 Å². The average molecular weight is 258 g/mol. The predicted molar refractivity (Wildman–Crippen MR) is 75.6 cm³/mol. The lowest BCUT2D eigenvalue weighted by atomic mass is 9.91. The van der Waals surface area contributed by atoms with Crippen molar-refractivity contribution in [3.8, 4) is 28.4 Å². The van der Waals surface area contributed by atoms with E-state index >= 15 is 0 Å². The van der Waals surface area contributed by atoms with Crippen molar-refractivity contribution >= 4 is 0 Å². The fraction of sp³-hybridized carbons (Fsp3) is 0.250. The number of rotatable bonds is 3. The van der Waals surface area contributed by atoms with Gasteiger partial charge in [0.05, 0.1) is 5.56 Å². The molecule has 3 nitrogen and oxygen atoms in total. The molecule has 0 atom stereocenters. The van der Waals surface area contributed by atoms with Crippen LogP contribution in [0.4, 0.5) is 0 Å². The molecule has 0 aliphatic carbocycles. The van der Waals surface area contributed by atoms with Crippen LogP contribution in [0.25, 0.3) is 11.1 Å². The van der Waals surface area contributed by atoms with Gasteiger partial charge in [0.15, 0.2) is 0 Å². The Hall–Kier alpha value is -2.16. The number of benzene rings is 2. The smallest absolute Gasteiger partial charge is 0.130 e. The van der Waals surface area contributed by atoms with Gasteiger partial charge in [-0.15, -0.1) is 0 Å². The Labute approximate surface area is 112 Å². The molecule has 2 aromatic rings. The first kappa shape index (κ1) is 13.3. The third kappa shape index (κ3) is 2.36. The molecule has 0 heterocycles. The molecule has 3 heteroatoms. The maximum absolute atomic E-state index is 9.99. The molecule has 2 rings (SSSR count). The highest BCUT2D eigenvalue weighted by atomic mass is 16.3. The lowest BCUT2D eigenvalue weighted by Crippen LogP contribution is -1.95. The van der Waals surface area contributed by atoms with E-state index in [0.29, 0.717) is 5.56 Å². The number of aryl methyl sites for hydroxylation is 1. The van der Waals surface area contributed by atoms with Gasteiger partial charge in [-0.2, -0.15) is 0 Å². The van der Waals surface area contributed by atoms with Gasteiger partial charge in [0.25, 0.3) is 0 Å². The zero-order valence-corrected chi connectivity index (χ0v) is 11.1. The van der Waals surface area contributed by atoms with Crippen LogP contribution in [-0.2, 0) is 12.8 Å². The zero-order chi connectivity index (χ0) is 14.0. The molecule has 0 fully saturated rings. The number of phenolic OH excluding ortho intramolecular Hbond substituents is 3. The summed E-state index contributed by atoms with van der Waals surface area (Å²) in [5.74, 6) is -0.371. The zero-order valence-electron chi connectivity index (χ0n) is 11.1. The summed E-state index contributed by atoms with van der Waals surface area (Å²) in [5.41, 5.74) is 3.51. The van der Waals surface area contributed by atoms with Crippen LogP contribution in [0, 0.1) is 0 Å². The van der Waals surface area contributed by atoms with Crippen LogP contribution in [0.3, 0.4) is 0 Å². The van der Waals surface area contributed by atoms with Gasteiger partial charge in [-0.25, -0.2) is 0 Å². The maximum atomic E-state index is 9.99. The highest BCUT2D eigenvalue weighted by Gasteiger charge is 2.16. The van der Waals surface area contributed by atoms with Gasteiger partial charge < -0.3 is 15.3 Å². The summed E-state index contributed by atoms with van der Waals surface area (Å²) in [6.45, 7) is 4.13. The minimum absolute atomic E-state index is 0.111. The molecule has 0 saturated carbocycles. The molecule has 0 aliphatic rings. The summed E-state index contributed by atoms with van der Waals surface area (Å²) in [5, 5.41) is 29.4. The van der Waals surface area contributed by atoms with Crippen molar-refractivity contribution in [2.45, 2.75) is 26.7 Å². The minimum atomic E-state index is -0.150. The van der Waals surface area contributed by atoms with Crippen molar-refractivity contribution in [1.29, 1.82) is 0 Å².